The van der Waals surface area contributed by atoms with Crippen LogP contribution >= 0.6 is 23.2 Å². The van der Waals surface area contributed by atoms with Crippen molar-refractivity contribution in [1.82, 2.24) is 4.90 Å². The highest BCUT2D eigenvalue weighted by atomic mass is 35.5. The Labute approximate surface area is 331 Å². The van der Waals surface area contributed by atoms with Crippen LogP contribution in [0.5, 0.6) is 11.5 Å². The van der Waals surface area contributed by atoms with Crippen molar-refractivity contribution in [3.05, 3.63) is 117 Å². The Kier molecular flexibility index (Phi) is 12.1. The van der Waals surface area contributed by atoms with Gasteiger partial charge in [0.2, 0.25) is 12.4 Å². The van der Waals surface area contributed by atoms with Gasteiger partial charge in [-0.1, -0.05) is 53.5 Å². The van der Waals surface area contributed by atoms with Crippen LogP contribution in [0.4, 0.5) is 23.7 Å². The van der Waals surface area contributed by atoms with E-state index in [-0.39, 0.29) is 69.4 Å². The molecule has 3 aliphatic heterocycles. The number of nitrogens with zero attached hydrogens (tertiary/aromatic N) is 3. The fourth-order valence-corrected chi connectivity index (χ4v) is 8.70. The molecule has 1 aromatic heterocycles. The molecule has 2 atom stereocenters. The highest BCUT2D eigenvalue weighted by molar-refractivity contribution is 6.35. The fourth-order valence-electron chi connectivity index (χ4n) is 8.09. The molecule has 4 aliphatic rings. The van der Waals surface area contributed by atoms with Gasteiger partial charge in [-0.25, -0.2) is 14.0 Å². The molecule has 2 bridgehead atoms. The third kappa shape index (κ3) is 8.95. The Morgan fingerprint density at radius 1 is 0.946 bits per heavy atom. The molecule has 8 rings (SSSR count). The quantitative estimate of drug-likeness (QED) is 0.102. The van der Waals surface area contributed by atoms with E-state index in [1.54, 1.807) is 24.3 Å². The number of aromatic carboxylic acids is 1. The molecule has 3 aromatic carbocycles. The van der Waals surface area contributed by atoms with E-state index in [2.05, 4.69) is 4.90 Å². The molecule has 56 heavy (non-hydrogen) atoms. The minimum absolute atomic E-state index is 0.0114. The normalized spacial score (nSPS) is 19.9. The van der Waals surface area contributed by atoms with Crippen molar-refractivity contribution in [2.24, 2.45) is 5.92 Å². The summed E-state index contributed by atoms with van der Waals surface area (Å²) in [6, 6.07) is 14.8. The average Bonchev–Trinajstić information content (AvgIpc) is 3.68. The monoisotopic (exact) mass is 814 g/mol. The predicted octanol–water partition coefficient (Wildman–Crippen LogP) is 8.89. The fraction of sp³-hybridized carbons (Fsp3) is 0.390. The molecule has 10 nitrogen and oxygen atoms in total. The van der Waals surface area contributed by atoms with Crippen molar-refractivity contribution in [1.29, 1.82) is 0 Å². The SMILES string of the molecule is O=C(O)c1ccc(CN(C(=O)O[C@H]2CN3CCC2CC3)c2ccccc2F)cc1[C@@H](Cc1c(Cl)c[n+](O)cc1Cl)c1ccc(OC(F)F)c(OC2CCCC2)c1. The van der Waals surface area contributed by atoms with E-state index in [0.29, 0.717) is 28.0 Å². The Bertz CT molecular complexity index is 2060. The number of anilines is 1. The van der Waals surface area contributed by atoms with Gasteiger partial charge >= 0.3 is 18.7 Å². The smallest absolute Gasteiger partial charge is 0.415 e. The Balaban J connectivity index is 1.31. The highest BCUT2D eigenvalue weighted by Gasteiger charge is 2.38. The number of carbonyl (C=O) groups is 2. The lowest BCUT2D eigenvalue weighted by Gasteiger charge is -2.44. The summed E-state index contributed by atoms with van der Waals surface area (Å²) in [4.78, 5) is 30.3. The number of carboxylic acid groups (broad SMARTS) is 1. The molecule has 1 saturated carbocycles. The number of amides is 1. The Hall–Kier alpha value is -4.72. The molecule has 3 saturated heterocycles. The van der Waals surface area contributed by atoms with E-state index in [1.807, 2.05) is 0 Å². The molecule has 2 N–H and O–H groups in total. The first-order valence-corrected chi connectivity index (χ1v) is 19.3. The molecule has 4 fully saturated rings. The number of alkyl halides is 2. The molecular formula is C41H41Cl2F3N3O7+. The third-order valence-electron chi connectivity index (χ3n) is 10.9. The summed E-state index contributed by atoms with van der Waals surface area (Å²) >= 11 is 13.2. The minimum Gasteiger partial charge on any atom is -0.487 e. The number of hydrogen-bond acceptors (Lipinski definition) is 7. The second-order valence-corrected chi connectivity index (χ2v) is 15.3. The van der Waals surface area contributed by atoms with Crippen LogP contribution in [0.15, 0.2) is 73.1 Å². The van der Waals surface area contributed by atoms with Crippen LogP contribution in [-0.4, -0.2) is 65.7 Å². The number of carbonyl (C=O) groups excluding carboxylic acids is 1. The number of rotatable bonds is 13. The van der Waals surface area contributed by atoms with Crippen molar-refractivity contribution in [3.8, 4) is 11.5 Å². The zero-order chi connectivity index (χ0) is 39.5. The number of halogens is 5. The van der Waals surface area contributed by atoms with Gasteiger partial charge in [-0.2, -0.15) is 8.78 Å². The van der Waals surface area contributed by atoms with Crippen LogP contribution in [0.25, 0.3) is 0 Å². The van der Waals surface area contributed by atoms with Crippen molar-refractivity contribution in [2.45, 2.75) is 76.2 Å². The van der Waals surface area contributed by atoms with Gasteiger partial charge < -0.3 is 19.3 Å². The number of pyridine rings is 1. The lowest BCUT2D eigenvalue weighted by atomic mass is 9.82. The first kappa shape index (κ1) is 39.5. The average molecular weight is 816 g/mol. The van der Waals surface area contributed by atoms with Crippen LogP contribution in [0.3, 0.4) is 0 Å². The summed E-state index contributed by atoms with van der Waals surface area (Å²) in [5.41, 5.74) is 1.42. The zero-order valence-electron chi connectivity index (χ0n) is 30.3. The lowest BCUT2D eigenvalue weighted by molar-refractivity contribution is -0.904. The molecule has 1 aliphatic carbocycles. The van der Waals surface area contributed by atoms with E-state index in [0.717, 1.165) is 51.6 Å². The molecule has 0 unspecified atom stereocenters. The maximum Gasteiger partial charge on any atom is 0.415 e. The van der Waals surface area contributed by atoms with E-state index < -0.39 is 30.4 Å². The summed E-state index contributed by atoms with van der Waals surface area (Å²) in [7, 11) is 0. The van der Waals surface area contributed by atoms with Crippen molar-refractivity contribution in [2.75, 3.05) is 24.5 Å². The van der Waals surface area contributed by atoms with Crippen LogP contribution in [-0.2, 0) is 17.7 Å². The number of benzene rings is 3. The van der Waals surface area contributed by atoms with Gasteiger partial charge in [0.05, 0.1) is 23.9 Å². The van der Waals surface area contributed by atoms with Crippen LogP contribution in [0, 0.1) is 11.7 Å². The first-order valence-electron chi connectivity index (χ1n) is 18.6. The third-order valence-corrected chi connectivity index (χ3v) is 11.6. The van der Waals surface area contributed by atoms with Gasteiger partial charge in [-0.15, -0.1) is 0 Å². The Morgan fingerprint density at radius 2 is 1.66 bits per heavy atom. The number of para-hydroxylation sites is 1. The molecule has 0 radical (unpaired) electrons. The van der Waals surface area contributed by atoms with E-state index in [1.165, 1.54) is 53.7 Å². The number of aromatic nitrogens is 1. The largest absolute Gasteiger partial charge is 0.487 e. The highest BCUT2D eigenvalue weighted by Crippen LogP contribution is 2.41. The maximum atomic E-state index is 15.4. The summed E-state index contributed by atoms with van der Waals surface area (Å²) in [6.45, 7) is -0.847. The van der Waals surface area contributed by atoms with Gasteiger partial charge in [0.25, 0.3) is 0 Å². The second-order valence-electron chi connectivity index (χ2n) is 14.5. The van der Waals surface area contributed by atoms with E-state index >= 15 is 4.39 Å². The van der Waals surface area contributed by atoms with Crippen LogP contribution in [0.2, 0.25) is 10.0 Å². The Morgan fingerprint density at radius 3 is 2.30 bits per heavy atom. The number of hydrogen-bond donors (Lipinski definition) is 2. The summed E-state index contributed by atoms with van der Waals surface area (Å²) in [5.74, 6) is -2.69. The van der Waals surface area contributed by atoms with Gasteiger partial charge in [0.15, 0.2) is 11.5 Å². The summed E-state index contributed by atoms with van der Waals surface area (Å²) in [6.07, 6.45) is 6.20. The molecule has 0 spiro atoms. The zero-order valence-corrected chi connectivity index (χ0v) is 31.8. The van der Waals surface area contributed by atoms with Gasteiger partial charge in [-0.05, 0) is 111 Å². The van der Waals surface area contributed by atoms with Crippen LogP contribution < -0.4 is 19.1 Å². The van der Waals surface area contributed by atoms with Gasteiger partial charge in [-0.3, -0.25) is 15.0 Å². The van der Waals surface area contributed by atoms with Crippen molar-refractivity contribution < 1.29 is 52.0 Å². The van der Waals surface area contributed by atoms with Gasteiger partial charge in [0, 0.05) is 22.8 Å². The molecule has 15 heteroatoms. The van der Waals surface area contributed by atoms with E-state index in [9.17, 15) is 28.7 Å². The number of carboxylic acids is 1. The summed E-state index contributed by atoms with van der Waals surface area (Å²) in [5, 5.41) is 20.8. The first-order chi connectivity index (χ1) is 26.9. The topological polar surface area (TPSA) is 113 Å². The van der Waals surface area contributed by atoms with E-state index in [4.69, 9.17) is 37.4 Å². The predicted molar refractivity (Wildman–Crippen MR) is 201 cm³/mol. The molecule has 296 valence electrons. The molecule has 4 heterocycles. The van der Waals surface area contributed by atoms with Crippen molar-refractivity contribution in [3.63, 3.8) is 0 Å². The lowest BCUT2D eigenvalue weighted by Crippen LogP contribution is -2.53. The minimum atomic E-state index is -3.13. The standard InChI is InChI=1S/C41H40Cl2F3N3O7/c42-32-21-48(53)22-33(43)31(32)19-29(26-10-12-36(55-40(45)46)37(18-26)54-27-5-1-2-6-27)30-17-24(9-11-28(30)39(50)51)20-49(35-8-4-3-7-34(35)44)41(52)56-38-23-47-15-13-25(38)14-16-47/h3-4,7-12,17-18,21-22,25,27,29,38,40H,1-2,5-6,13-16,19-20,23H2,(H-,50,51,53)/p+1/t29-,38-/m0/s1. The van der Waals surface area contributed by atoms with Gasteiger partial charge in [0.1, 0.15) is 22.0 Å². The summed E-state index contributed by atoms with van der Waals surface area (Å²) < 4.78 is 60.3. The second kappa shape index (κ2) is 17.2. The molecular weight excluding hydrogens is 774 g/mol. The number of piperidine rings is 3. The van der Waals surface area contributed by atoms with Crippen molar-refractivity contribution >= 4 is 41.0 Å². The van der Waals surface area contributed by atoms with Crippen LogP contribution in [0.1, 0.15) is 77.1 Å². The number of ether oxygens (including phenoxy) is 3. The maximum absolute atomic E-state index is 15.4. The molecule has 1 amide bonds. The molecule has 4 aromatic rings. The number of fused-ring (bicyclic) bond motifs is 3.